The van der Waals surface area contributed by atoms with Crippen molar-refractivity contribution in [2.24, 2.45) is 16.9 Å². The van der Waals surface area contributed by atoms with Crippen molar-refractivity contribution >= 4 is 11.8 Å². The molecule has 0 saturated carbocycles. The minimum atomic E-state index is -0.566. The van der Waals surface area contributed by atoms with Gasteiger partial charge in [-0.25, -0.2) is 0 Å². The van der Waals surface area contributed by atoms with Gasteiger partial charge in [0.25, 0.3) is 11.8 Å². The maximum absolute atomic E-state index is 11.5. The number of hydrogen-bond donors (Lipinski definition) is 4. The van der Waals surface area contributed by atoms with Gasteiger partial charge in [-0.15, -0.1) is 0 Å². The molecule has 4 aromatic carbocycles. The van der Waals surface area contributed by atoms with Crippen LogP contribution in [0.4, 0.5) is 0 Å². The highest BCUT2D eigenvalue weighted by molar-refractivity contribution is 5.95. The number of ether oxygens (including phenoxy) is 2. The summed E-state index contributed by atoms with van der Waals surface area (Å²) >= 11 is 0. The molecule has 0 aliphatic rings. The Balaban J connectivity index is 0.000000230. The van der Waals surface area contributed by atoms with Crippen LogP contribution >= 0.6 is 0 Å². The normalized spacial score (nSPS) is 11.0. The molecule has 294 valence electrons. The monoisotopic (exact) mass is 764 g/mol. The van der Waals surface area contributed by atoms with Crippen LogP contribution in [0.3, 0.4) is 0 Å². The summed E-state index contributed by atoms with van der Waals surface area (Å²) in [4.78, 5) is 30.7. The summed E-state index contributed by atoms with van der Waals surface area (Å²) in [5, 5.41) is 7.00. The molecule has 0 spiro atoms. The Morgan fingerprint density at radius 1 is 0.596 bits per heavy atom. The summed E-state index contributed by atoms with van der Waals surface area (Å²) in [6, 6.07) is 40.1. The summed E-state index contributed by atoms with van der Waals surface area (Å²) in [6.45, 7) is 10.2. The molecule has 6 rings (SSSR count). The third-order valence-electron chi connectivity index (χ3n) is 9.12. The highest BCUT2D eigenvalue weighted by atomic mass is 16.5. The third kappa shape index (κ3) is 13.7. The SMILES string of the molecule is CC(C)(C)CCNCc1ccc(Oc2ccncc2C(N)=O)cc1.NC(=O)c1cnccc1Oc1ccc(CNCCC(c2ccccc2)c2ccccc2)cc1. The molecule has 6 N–H and O–H groups in total. The Bertz CT molecular complexity index is 2100. The van der Waals surface area contributed by atoms with Gasteiger partial charge in [0.1, 0.15) is 34.1 Å². The number of nitrogens with two attached hydrogens (primary N) is 2. The molecule has 57 heavy (non-hydrogen) atoms. The Morgan fingerprint density at radius 3 is 1.42 bits per heavy atom. The molecule has 0 radical (unpaired) electrons. The van der Waals surface area contributed by atoms with E-state index in [1.807, 2.05) is 48.5 Å². The molecule has 0 atom stereocenters. The quantitative estimate of drug-likeness (QED) is 0.0673. The van der Waals surface area contributed by atoms with Crippen LogP contribution in [0, 0.1) is 5.41 Å². The Hall–Kier alpha value is -6.36. The molecule has 2 amide bonds. The number of hydrogen-bond acceptors (Lipinski definition) is 8. The van der Waals surface area contributed by atoms with Gasteiger partial charge in [-0.2, -0.15) is 0 Å². The molecule has 10 nitrogen and oxygen atoms in total. The fraction of sp³-hybridized carbons (Fsp3) is 0.234. The Labute approximate surface area is 335 Å². The smallest absolute Gasteiger partial charge is 0.254 e. The standard InChI is InChI=1S/C28H27N3O2.C19H25N3O2/c29-28(32)26-20-31-18-16-27(26)33-24-13-11-21(12-14-24)19-30-17-15-25(22-7-3-1-4-8-22)23-9-5-2-6-10-23;1-19(2,3)9-11-22-12-14-4-6-15(7-5-14)24-17-8-10-21-13-16(17)18(20)23/h1-14,16,18,20,25,30H,15,17,19H2,(H2,29,32);4-8,10,13,22H,9,11-12H2,1-3H3,(H2,20,23). The van der Waals surface area contributed by atoms with Crippen LogP contribution in [0.1, 0.15) is 82.5 Å². The summed E-state index contributed by atoms with van der Waals surface area (Å²) in [5.74, 6) is 1.34. The first-order chi connectivity index (χ1) is 27.6. The number of carbonyl (C=O) groups excluding carboxylic acids is 2. The second kappa shape index (κ2) is 21.1. The van der Waals surface area contributed by atoms with Gasteiger partial charge in [0, 0.05) is 43.8 Å². The molecule has 2 heterocycles. The number of benzene rings is 4. The largest absolute Gasteiger partial charge is 0.456 e. The number of aromatic nitrogens is 2. The highest BCUT2D eigenvalue weighted by Gasteiger charge is 2.14. The van der Waals surface area contributed by atoms with E-state index in [2.05, 4.69) is 102 Å². The number of pyridine rings is 2. The number of nitrogens with zero attached hydrogens (tertiary/aromatic N) is 2. The minimum Gasteiger partial charge on any atom is -0.456 e. The van der Waals surface area contributed by atoms with Gasteiger partial charge in [-0.05, 0) is 90.0 Å². The van der Waals surface area contributed by atoms with Crippen molar-refractivity contribution in [1.82, 2.24) is 20.6 Å². The van der Waals surface area contributed by atoms with E-state index in [1.54, 1.807) is 24.5 Å². The van der Waals surface area contributed by atoms with Gasteiger partial charge in [-0.1, -0.05) is 106 Å². The maximum Gasteiger partial charge on any atom is 0.254 e. The summed E-state index contributed by atoms with van der Waals surface area (Å²) in [5.41, 5.74) is 16.6. The molecule has 0 bridgehead atoms. The average Bonchev–Trinajstić information content (AvgIpc) is 3.21. The van der Waals surface area contributed by atoms with Crippen LogP contribution in [0.25, 0.3) is 0 Å². The number of rotatable bonds is 17. The van der Waals surface area contributed by atoms with Crippen molar-refractivity contribution < 1.29 is 19.1 Å². The van der Waals surface area contributed by atoms with Crippen LogP contribution in [0.5, 0.6) is 23.0 Å². The predicted octanol–water partition coefficient (Wildman–Crippen LogP) is 8.78. The number of nitrogens with one attached hydrogen (secondary N) is 2. The van der Waals surface area contributed by atoms with Crippen LogP contribution in [0.2, 0.25) is 0 Å². The maximum atomic E-state index is 11.5. The van der Waals surface area contributed by atoms with Crippen molar-refractivity contribution in [2.75, 3.05) is 13.1 Å². The number of carbonyl (C=O) groups is 2. The average molecular weight is 765 g/mol. The molecule has 6 aromatic rings. The minimum absolute atomic E-state index is 0.259. The molecule has 0 aliphatic heterocycles. The fourth-order valence-electron chi connectivity index (χ4n) is 5.99. The third-order valence-corrected chi connectivity index (χ3v) is 9.12. The van der Waals surface area contributed by atoms with E-state index in [4.69, 9.17) is 20.9 Å². The van der Waals surface area contributed by atoms with Gasteiger partial charge >= 0.3 is 0 Å². The second-order valence-corrected chi connectivity index (χ2v) is 14.8. The van der Waals surface area contributed by atoms with Crippen molar-refractivity contribution in [1.29, 1.82) is 0 Å². The second-order valence-electron chi connectivity index (χ2n) is 14.8. The predicted molar refractivity (Wildman–Crippen MR) is 225 cm³/mol. The zero-order valence-corrected chi connectivity index (χ0v) is 32.9. The molecule has 0 unspecified atom stereocenters. The lowest BCUT2D eigenvalue weighted by atomic mass is 9.88. The molecule has 0 saturated heterocycles. The number of primary amides is 2. The van der Waals surface area contributed by atoms with Crippen molar-refractivity contribution in [3.8, 4) is 23.0 Å². The van der Waals surface area contributed by atoms with Crippen LogP contribution in [-0.2, 0) is 13.1 Å². The van der Waals surface area contributed by atoms with Gasteiger partial charge in [0.2, 0.25) is 0 Å². The van der Waals surface area contributed by atoms with E-state index >= 15 is 0 Å². The molecule has 2 aromatic heterocycles. The van der Waals surface area contributed by atoms with Gasteiger partial charge in [-0.3, -0.25) is 19.6 Å². The molecular formula is C47H52N6O4. The molecule has 0 aliphatic carbocycles. The van der Waals surface area contributed by atoms with Gasteiger partial charge < -0.3 is 31.6 Å². The zero-order valence-electron chi connectivity index (χ0n) is 32.9. The van der Waals surface area contributed by atoms with Crippen LogP contribution in [-0.4, -0.2) is 34.9 Å². The highest BCUT2D eigenvalue weighted by Crippen LogP contribution is 2.28. The van der Waals surface area contributed by atoms with Gasteiger partial charge in [0.15, 0.2) is 0 Å². The van der Waals surface area contributed by atoms with E-state index in [9.17, 15) is 9.59 Å². The first-order valence-electron chi connectivity index (χ1n) is 19.1. The van der Waals surface area contributed by atoms with E-state index in [0.29, 0.717) is 34.3 Å². The topological polar surface area (TPSA) is 154 Å². The first kappa shape index (κ1) is 41.8. The summed E-state index contributed by atoms with van der Waals surface area (Å²) < 4.78 is 11.6. The lowest BCUT2D eigenvalue weighted by molar-refractivity contribution is 0.0989. The lowest BCUT2D eigenvalue weighted by Gasteiger charge is -2.18. The Morgan fingerprint density at radius 2 is 1.02 bits per heavy atom. The zero-order chi connectivity index (χ0) is 40.5. The van der Waals surface area contributed by atoms with E-state index in [0.717, 1.165) is 44.6 Å². The molecule has 0 fully saturated rings. The molecular weight excluding hydrogens is 713 g/mol. The van der Waals surface area contributed by atoms with Crippen molar-refractivity contribution in [3.05, 3.63) is 179 Å². The number of amides is 2. The lowest BCUT2D eigenvalue weighted by Crippen LogP contribution is -2.20. The van der Waals surface area contributed by atoms with Crippen LogP contribution < -0.4 is 31.6 Å². The summed E-state index contributed by atoms with van der Waals surface area (Å²) in [6.07, 6.45) is 8.09. The van der Waals surface area contributed by atoms with E-state index in [-0.39, 0.29) is 11.1 Å². The van der Waals surface area contributed by atoms with Crippen molar-refractivity contribution in [2.45, 2.75) is 52.6 Å². The van der Waals surface area contributed by atoms with E-state index in [1.165, 1.54) is 29.1 Å². The molecule has 10 heteroatoms. The van der Waals surface area contributed by atoms with E-state index < -0.39 is 11.8 Å². The Kier molecular flexibility index (Phi) is 15.5. The van der Waals surface area contributed by atoms with Crippen LogP contribution in [0.15, 0.2) is 146 Å². The first-order valence-corrected chi connectivity index (χ1v) is 19.1. The summed E-state index contributed by atoms with van der Waals surface area (Å²) in [7, 11) is 0. The van der Waals surface area contributed by atoms with Crippen molar-refractivity contribution in [3.63, 3.8) is 0 Å². The fourth-order valence-corrected chi connectivity index (χ4v) is 5.99. The van der Waals surface area contributed by atoms with Gasteiger partial charge in [0.05, 0.1) is 0 Å².